The molecule has 26 heavy (non-hydrogen) atoms. The Bertz CT molecular complexity index is 973. The van der Waals surface area contributed by atoms with Crippen LogP contribution in [-0.2, 0) is 26.9 Å². The maximum atomic E-state index is 13.0. The van der Waals surface area contributed by atoms with Crippen molar-refractivity contribution >= 4 is 32.3 Å². The lowest BCUT2D eigenvalue weighted by Gasteiger charge is -2.34. The van der Waals surface area contributed by atoms with E-state index in [2.05, 4.69) is 15.3 Å². The van der Waals surface area contributed by atoms with Crippen molar-refractivity contribution in [2.24, 2.45) is 7.05 Å². The molecule has 1 aliphatic rings. The fourth-order valence-electron chi connectivity index (χ4n) is 2.77. The van der Waals surface area contributed by atoms with E-state index < -0.39 is 25.9 Å². The molecule has 9 nitrogen and oxygen atoms in total. The van der Waals surface area contributed by atoms with E-state index in [1.807, 2.05) is 7.05 Å². The number of sulfone groups is 1. The van der Waals surface area contributed by atoms with Gasteiger partial charge in [0.25, 0.3) is 0 Å². The molecule has 1 unspecified atom stereocenters. The summed E-state index contributed by atoms with van der Waals surface area (Å²) in [7, 11) is -5.51. The van der Waals surface area contributed by atoms with Gasteiger partial charge in [-0.3, -0.25) is 0 Å². The number of halogens is 1. The summed E-state index contributed by atoms with van der Waals surface area (Å²) in [6, 6.07) is 2.03. The molecule has 3 heterocycles. The Labute approximate surface area is 158 Å². The smallest absolute Gasteiger partial charge is 0.245 e. The maximum absolute atomic E-state index is 13.0. The molecule has 1 saturated heterocycles. The maximum Gasteiger partial charge on any atom is 0.245 e. The molecule has 0 bridgehead atoms. The van der Waals surface area contributed by atoms with Gasteiger partial charge in [0.1, 0.15) is 10.7 Å². The van der Waals surface area contributed by atoms with Gasteiger partial charge in [0.05, 0.1) is 6.04 Å². The van der Waals surface area contributed by atoms with Crippen molar-refractivity contribution < 1.29 is 16.8 Å². The molecule has 2 aromatic rings. The Balaban J connectivity index is 0.00000243. The van der Waals surface area contributed by atoms with Crippen LogP contribution in [0.1, 0.15) is 11.9 Å². The van der Waals surface area contributed by atoms with Gasteiger partial charge in [0.2, 0.25) is 10.0 Å². The predicted octanol–water partition coefficient (Wildman–Crippen LogP) is -0.0244. The number of nitrogens with zero attached hydrogens (tertiary/aromatic N) is 4. The largest absolute Gasteiger partial charge is 0.337 e. The summed E-state index contributed by atoms with van der Waals surface area (Å²) in [6.45, 7) is 1.25. The second kappa shape index (κ2) is 7.61. The fraction of sp³-hybridized carbons (Fsp3) is 0.429. The molecule has 0 amide bonds. The van der Waals surface area contributed by atoms with Gasteiger partial charge in [0, 0.05) is 51.5 Å². The Kier molecular flexibility index (Phi) is 6.08. The van der Waals surface area contributed by atoms with Crippen LogP contribution < -0.4 is 5.32 Å². The average molecular weight is 422 g/mol. The SMILES string of the molecule is Cl.Cn1ccnc1C1CNCCN1S(=O)(=O)c1ccc(S(C)(=O)=O)nc1. The summed E-state index contributed by atoms with van der Waals surface area (Å²) in [5, 5.41) is 3.02. The van der Waals surface area contributed by atoms with Crippen molar-refractivity contribution in [2.75, 3.05) is 25.9 Å². The van der Waals surface area contributed by atoms with Crippen molar-refractivity contribution in [2.45, 2.75) is 16.0 Å². The van der Waals surface area contributed by atoms with Gasteiger partial charge in [-0.25, -0.2) is 26.8 Å². The summed E-state index contributed by atoms with van der Waals surface area (Å²) in [6.07, 6.45) is 5.49. The van der Waals surface area contributed by atoms with Crippen LogP contribution in [0.5, 0.6) is 0 Å². The van der Waals surface area contributed by atoms with Crippen LogP contribution in [0, 0.1) is 0 Å². The monoisotopic (exact) mass is 421 g/mol. The van der Waals surface area contributed by atoms with Crippen LogP contribution in [-0.4, -0.2) is 61.6 Å². The van der Waals surface area contributed by atoms with E-state index >= 15 is 0 Å². The highest BCUT2D eigenvalue weighted by atomic mass is 35.5. The number of sulfonamides is 1. The summed E-state index contributed by atoms with van der Waals surface area (Å²) in [5.41, 5.74) is 0. The highest BCUT2D eigenvalue weighted by Gasteiger charge is 2.36. The minimum atomic E-state index is -3.83. The molecule has 0 aliphatic carbocycles. The topological polar surface area (TPSA) is 114 Å². The van der Waals surface area contributed by atoms with Crippen molar-refractivity contribution in [3.8, 4) is 0 Å². The second-order valence-electron chi connectivity index (χ2n) is 5.84. The van der Waals surface area contributed by atoms with Gasteiger partial charge < -0.3 is 9.88 Å². The van der Waals surface area contributed by atoms with Crippen LogP contribution in [0.15, 0.2) is 40.6 Å². The molecule has 1 aliphatic heterocycles. The molecule has 12 heteroatoms. The van der Waals surface area contributed by atoms with Gasteiger partial charge in [-0.1, -0.05) is 0 Å². The van der Waals surface area contributed by atoms with Crippen molar-refractivity contribution in [1.29, 1.82) is 0 Å². The number of nitrogens with one attached hydrogen (secondary N) is 1. The summed E-state index contributed by atoms with van der Waals surface area (Å²) in [5.74, 6) is 0.636. The van der Waals surface area contributed by atoms with E-state index in [4.69, 9.17) is 0 Å². The zero-order valence-corrected chi connectivity index (χ0v) is 16.7. The van der Waals surface area contributed by atoms with E-state index in [-0.39, 0.29) is 28.9 Å². The Morgan fingerprint density at radius 3 is 2.46 bits per heavy atom. The molecular formula is C14H20ClN5O4S2. The third-order valence-corrected chi connectivity index (χ3v) is 6.94. The molecule has 2 aromatic heterocycles. The second-order valence-corrected chi connectivity index (χ2v) is 9.69. The van der Waals surface area contributed by atoms with E-state index in [0.717, 1.165) is 12.5 Å². The zero-order chi connectivity index (χ0) is 18.2. The fourth-order valence-corrected chi connectivity index (χ4v) is 4.86. The number of pyridine rings is 1. The first kappa shape index (κ1) is 20.8. The van der Waals surface area contributed by atoms with E-state index in [0.29, 0.717) is 18.9 Å². The highest BCUT2D eigenvalue weighted by molar-refractivity contribution is 7.90. The number of aromatic nitrogens is 3. The average Bonchev–Trinajstić information content (AvgIpc) is 3.00. The normalized spacial score (nSPS) is 19.1. The first-order chi connectivity index (χ1) is 11.7. The molecular weight excluding hydrogens is 402 g/mol. The van der Waals surface area contributed by atoms with Crippen molar-refractivity contribution in [1.82, 2.24) is 24.2 Å². The molecule has 1 N–H and O–H groups in total. The van der Waals surface area contributed by atoms with Crippen LogP contribution in [0.3, 0.4) is 0 Å². The third kappa shape index (κ3) is 3.91. The van der Waals surface area contributed by atoms with Gasteiger partial charge in [-0.2, -0.15) is 4.31 Å². The molecule has 0 aromatic carbocycles. The number of aryl methyl sites for hydroxylation is 1. The Morgan fingerprint density at radius 2 is 1.92 bits per heavy atom. The molecule has 3 rings (SSSR count). The molecule has 1 atom stereocenters. The van der Waals surface area contributed by atoms with Crippen molar-refractivity contribution in [3.63, 3.8) is 0 Å². The minimum absolute atomic E-state index is 0. The summed E-state index contributed by atoms with van der Waals surface area (Å²) >= 11 is 0. The quantitative estimate of drug-likeness (QED) is 0.737. The lowest BCUT2D eigenvalue weighted by molar-refractivity contribution is 0.258. The number of hydrogen-bond donors (Lipinski definition) is 1. The summed E-state index contributed by atoms with van der Waals surface area (Å²) < 4.78 is 52.2. The van der Waals surface area contributed by atoms with Crippen LogP contribution >= 0.6 is 12.4 Å². The lowest BCUT2D eigenvalue weighted by atomic mass is 10.2. The number of piperazine rings is 1. The molecule has 144 valence electrons. The molecule has 0 spiro atoms. The summed E-state index contributed by atoms with van der Waals surface area (Å²) in [4.78, 5) is 8.01. The number of imidazole rings is 1. The lowest BCUT2D eigenvalue weighted by Crippen LogP contribution is -2.49. The highest BCUT2D eigenvalue weighted by Crippen LogP contribution is 2.27. The molecule has 0 saturated carbocycles. The van der Waals surface area contributed by atoms with Crippen LogP contribution in [0.2, 0.25) is 0 Å². The molecule has 1 fully saturated rings. The third-order valence-electron chi connectivity index (χ3n) is 4.05. The zero-order valence-electron chi connectivity index (χ0n) is 14.2. The van der Waals surface area contributed by atoms with Crippen molar-refractivity contribution in [3.05, 3.63) is 36.5 Å². The first-order valence-electron chi connectivity index (χ1n) is 7.57. The predicted molar refractivity (Wildman–Crippen MR) is 97.3 cm³/mol. The van der Waals surface area contributed by atoms with Gasteiger partial charge >= 0.3 is 0 Å². The number of hydrogen-bond acceptors (Lipinski definition) is 7. The van der Waals surface area contributed by atoms with Crippen LogP contribution in [0.25, 0.3) is 0 Å². The minimum Gasteiger partial charge on any atom is -0.337 e. The molecule has 0 radical (unpaired) electrons. The van der Waals surface area contributed by atoms with Gasteiger partial charge in [-0.15, -0.1) is 12.4 Å². The number of rotatable bonds is 4. The van der Waals surface area contributed by atoms with E-state index in [1.165, 1.54) is 16.4 Å². The first-order valence-corrected chi connectivity index (χ1v) is 10.9. The van der Waals surface area contributed by atoms with E-state index in [1.54, 1.807) is 17.0 Å². The van der Waals surface area contributed by atoms with Gasteiger partial charge in [-0.05, 0) is 12.1 Å². The van der Waals surface area contributed by atoms with Crippen LogP contribution in [0.4, 0.5) is 0 Å². The van der Waals surface area contributed by atoms with Gasteiger partial charge in [0.15, 0.2) is 14.9 Å². The Morgan fingerprint density at radius 1 is 1.19 bits per heavy atom. The van der Waals surface area contributed by atoms with E-state index in [9.17, 15) is 16.8 Å². The standard InChI is InChI=1S/C14H19N5O4S2.ClH/c1-18-7-6-16-14(18)12-10-15-5-8-19(12)25(22,23)11-3-4-13(17-9-11)24(2,20)21;/h3-4,6-7,9,12,15H,5,8,10H2,1-2H3;1H. The Hall–Kier alpha value is -1.53.